The van der Waals surface area contributed by atoms with Gasteiger partial charge < -0.3 is 4.74 Å². The second-order valence-electron chi connectivity index (χ2n) is 3.24. The Morgan fingerprint density at radius 2 is 2.06 bits per heavy atom. The van der Waals surface area contributed by atoms with Crippen molar-refractivity contribution in [2.75, 3.05) is 7.11 Å². The zero-order valence-electron chi connectivity index (χ0n) is 8.63. The average molecular weight is 302 g/mol. The summed E-state index contributed by atoms with van der Waals surface area (Å²) in [6.45, 7) is 0. The first-order valence-corrected chi connectivity index (χ1v) is 5.36. The Balaban J connectivity index is 2.74. The number of methoxy groups -OCH3 is 1. The topological polar surface area (TPSA) is 39.2 Å². The van der Waals surface area contributed by atoms with Crippen LogP contribution >= 0.6 is 15.9 Å². The molecule has 2 rings (SSSR count). The first kappa shape index (κ1) is 11.9. The summed E-state index contributed by atoms with van der Waals surface area (Å²) < 4.78 is 31.3. The molecule has 0 atom stereocenters. The Hall–Kier alpha value is -1.56. The molecule has 0 saturated carbocycles. The molecule has 0 unspecified atom stereocenters. The minimum Gasteiger partial charge on any atom is -0.464 e. The van der Waals surface area contributed by atoms with Crippen LogP contribution in [0.2, 0.25) is 0 Å². The van der Waals surface area contributed by atoms with Gasteiger partial charge in [-0.05, 0) is 28.1 Å². The van der Waals surface area contributed by atoms with Crippen LogP contribution in [0.4, 0.5) is 8.78 Å². The molecule has 0 radical (unpaired) electrons. The summed E-state index contributed by atoms with van der Waals surface area (Å²) in [5.74, 6) is -2.22. The highest BCUT2D eigenvalue weighted by Gasteiger charge is 2.14. The van der Waals surface area contributed by atoms with Gasteiger partial charge in [-0.2, -0.15) is 0 Å². The van der Waals surface area contributed by atoms with Crippen molar-refractivity contribution in [3.05, 3.63) is 40.0 Å². The lowest BCUT2D eigenvalue weighted by atomic mass is 10.2. The fraction of sp³-hybridized carbons (Fsp3) is 0.0909. The monoisotopic (exact) mass is 301 g/mol. The van der Waals surface area contributed by atoms with E-state index in [1.807, 2.05) is 0 Å². The fourth-order valence-electron chi connectivity index (χ4n) is 1.41. The summed E-state index contributed by atoms with van der Waals surface area (Å²) in [5, 5.41) is 0.259. The number of pyridine rings is 1. The van der Waals surface area contributed by atoms with Crippen LogP contribution in [0.1, 0.15) is 10.5 Å². The van der Waals surface area contributed by atoms with Crippen LogP contribution in [-0.2, 0) is 4.74 Å². The Labute approximate surface area is 104 Å². The van der Waals surface area contributed by atoms with Crippen LogP contribution in [0.25, 0.3) is 10.9 Å². The first-order chi connectivity index (χ1) is 8.04. The van der Waals surface area contributed by atoms with Gasteiger partial charge in [0.25, 0.3) is 0 Å². The summed E-state index contributed by atoms with van der Waals surface area (Å²) >= 11 is 3.00. The van der Waals surface area contributed by atoms with Gasteiger partial charge in [-0.3, -0.25) is 0 Å². The molecule has 2 aromatic rings. The molecule has 1 aromatic heterocycles. The van der Waals surface area contributed by atoms with Gasteiger partial charge in [0.05, 0.1) is 11.6 Å². The molecule has 0 aliphatic carbocycles. The van der Waals surface area contributed by atoms with Crippen LogP contribution in [0.15, 0.2) is 22.7 Å². The maximum atomic E-state index is 13.5. The predicted molar refractivity (Wildman–Crippen MR) is 60.7 cm³/mol. The second kappa shape index (κ2) is 4.37. The standard InChI is InChI=1S/C11H6BrF2NO2/c1-17-11(16)8-3-2-5-9(12)6(13)4-7(14)10(5)15-8/h2-4H,1H3. The van der Waals surface area contributed by atoms with Crippen molar-refractivity contribution in [1.29, 1.82) is 0 Å². The lowest BCUT2D eigenvalue weighted by molar-refractivity contribution is 0.0594. The van der Waals surface area contributed by atoms with Crippen LogP contribution in [0, 0.1) is 11.6 Å². The molecule has 0 amide bonds. The van der Waals surface area contributed by atoms with E-state index < -0.39 is 17.6 Å². The Kier molecular flexibility index (Phi) is 3.06. The zero-order chi connectivity index (χ0) is 12.6. The van der Waals surface area contributed by atoms with Gasteiger partial charge in [-0.15, -0.1) is 0 Å². The third-order valence-electron chi connectivity index (χ3n) is 2.22. The molecule has 6 heteroatoms. The van der Waals surface area contributed by atoms with E-state index in [1.165, 1.54) is 19.2 Å². The van der Waals surface area contributed by atoms with Crippen molar-refractivity contribution in [1.82, 2.24) is 4.98 Å². The van der Waals surface area contributed by atoms with E-state index in [4.69, 9.17) is 0 Å². The number of nitrogens with zero attached hydrogens (tertiary/aromatic N) is 1. The molecule has 0 aliphatic rings. The minimum atomic E-state index is -0.827. The van der Waals surface area contributed by atoms with Crippen molar-refractivity contribution in [2.24, 2.45) is 0 Å². The maximum absolute atomic E-state index is 13.5. The van der Waals surface area contributed by atoms with Crippen LogP contribution in [0.5, 0.6) is 0 Å². The third kappa shape index (κ3) is 2.00. The van der Waals surface area contributed by atoms with E-state index >= 15 is 0 Å². The number of hydrogen-bond acceptors (Lipinski definition) is 3. The molecule has 0 fully saturated rings. The molecule has 1 heterocycles. The molecule has 0 bridgehead atoms. The Morgan fingerprint density at radius 3 is 2.71 bits per heavy atom. The summed E-state index contributed by atoms with van der Waals surface area (Å²) in [5.41, 5.74) is -0.112. The van der Waals surface area contributed by atoms with Crippen molar-refractivity contribution in [2.45, 2.75) is 0 Å². The highest BCUT2D eigenvalue weighted by molar-refractivity contribution is 9.10. The number of carbonyl (C=O) groups is 1. The maximum Gasteiger partial charge on any atom is 0.356 e. The molecular formula is C11H6BrF2NO2. The van der Waals surface area contributed by atoms with Crippen LogP contribution < -0.4 is 0 Å². The molecule has 17 heavy (non-hydrogen) atoms. The first-order valence-electron chi connectivity index (χ1n) is 4.57. The smallest absolute Gasteiger partial charge is 0.356 e. The highest BCUT2D eigenvalue weighted by atomic mass is 79.9. The Bertz CT molecular complexity index is 616. The minimum absolute atomic E-state index is 0.0302. The number of fused-ring (bicyclic) bond motifs is 1. The number of ether oxygens (including phenoxy) is 1. The molecular weight excluding hydrogens is 296 g/mol. The van der Waals surface area contributed by atoms with Crippen molar-refractivity contribution >= 4 is 32.8 Å². The summed E-state index contributed by atoms with van der Waals surface area (Å²) in [7, 11) is 1.20. The molecule has 0 spiro atoms. The summed E-state index contributed by atoms with van der Waals surface area (Å²) in [6, 6.07) is 3.46. The number of benzene rings is 1. The van der Waals surface area contributed by atoms with Crippen LogP contribution in [-0.4, -0.2) is 18.1 Å². The largest absolute Gasteiger partial charge is 0.464 e. The zero-order valence-corrected chi connectivity index (χ0v) is 10.2. The number of rotatable bonds is 1. The van der Waals surface area contributed by atoms with Gasteiger partial charge in [-0.25, -0.2) is 18.6 Å². The number of aromatic nitrogens is 1. The van der Waals surface area contributed by atoms with Gasteiger partial charge >= 0.3 is 5.97 Å². The van der Waals surface area contributed by atoms with E-state index in [0.29, 0.717) is 6.07 Å². The number of hydrogen-bond donors (Lipinski definition) is 0. The molecule has 0 aliphatic heterocycles. The number of esters is 1. The third-order valence-corrected chi connectivity index (χ3v) is 3.02. The van der Waals surface area contributed by atoms with E-state index in [1.54, 1.807) is 0 Å². The van der Waals surface area contributed by atoms with Crippen molar-refractivity contribution in [3.8, 4) is 0 Å². The second-order valence-corrected chi connectivity index (χ2v) is 4.03. The van der Waals surface area contributed by atoms with Crippen LogP contribution in [0.3, 0.4) is 0 Å². The van der Waals surface area contributed by atoms with Crippen molar-refractivity contribution < 1.29 is 18.3 Å². The molecule has 0 N–H and O–H groups in total. The van der Waals surface area contributed by atoms with Gasteiger partial charge in [0.2, 0.25) is 0 Å². The number of halogens is 3. The lowest BCUT2D eigenvalue weighted by Gasteiger charge is -2.05. The molecule has 0 saturated heterocycles. The SMILES string of the molecule is COC(=O)c1ccc2c(Br)c(F)cc(F)c2n1. The van der Waals surface area contributed by atoms with Gasteiger partial charge in [0, 0.05) is 11.5 Å². The summed E-state index contributed by atoms with van der Waals surface area (Å²) in [6.07, 6.45) is 0. The van der Waals surface area contributed by atoms with Gasteiger partial charge in [0.1, 0.15) is 17.0 Å². The van der Waals surface area contributed by atoms with Gasteiger partial charge in [-0.1, -0.05) is 0 Å². The Morgan fingerprint density at radius 1 is 1.35 bits per heavy atom. The quantitative estimate of drug-likeness (QED) is 0.600. The van der Waals surface area contributed by atoms with E-state index in [9.17, 15) is 13.6 Å². The normalized spacial score (nSPS) is 10.6. The molecule has 1 aromatic carbocycles. The summed E-state index contributed by atoms with van der Waals surface area (Å²) in [4.78, 5) is 15.0. The van der Waals surface area contributed by atoms with Gasteiger partial charge in [0.15, 0.2) is 5.82 Å². The lowest BCUT2D eigenvalue weighted by Crippen LogP contribution is -2.04. The van der Waals surface area contributed by atoms with E-state index in [-0.39, 0.29) is 21.1 Å². The van der Waals surface area contributed by atoms with Crippen molar-refractivity contribution in [3.63, 3.8) is 0 Å². The highest BCUT2D eigenvalue weighted by Crippen LogP contribution is 2.28. The van der Waals surface area contributed by atoms with E-state index in [0.717, 1.165) is 0 Å². The van der Waals surface area contributed by atoms with E-state index in [2.05, 4.69) is 25.7 Å². The average Bonchev–Trinajstić information content (AvgIpc) is 2.34. The number of carbonyl (C=O) groups excluding carboxylic acids is 1. The predicted octanol–water partition coefficient (Wildman–Crippen LogP) is 3.06. The molecule has 88 valence electrons. The molecule has 3 nitrogen and oxygen atoms in total. The fourth-order valence-corrected chi connectivity index (χ4v) is 1.84.